The lowest BCUT2D eigenvalue weighted by Gasteiger charge is -2.29. The van der Waals surface area contributed by atoms with Gasteiger partial charge >= 0.3 is 0 Å². The van der Waals surface area contributed by atoms with Gasteiger partial charge in [0, 0.05) is 13.1 Å². The van der Waals surface area contributed by atoms with Gasteiger partial charge < -0.3 is 14.5 Å². The van der Waals surface area contributed by atoms with Crippen molar-refractivity contribution >= 4 is 23.3 Å². The summed E-state index contributed by atoms with van der Waals surface area (Å²) in [4.78, 5) is 5.72. The topological polar surface area (TPSA) is 24.0 Å². The van der Waals surface area contributed by atoms with E-state index in [0.717, 1.165) is 22.8 Å². The summed E-state index contributed by atoms with van der Waals surface area (Å²) in [6.07, 6.45) is 2.61. The lowest BCUT2D eigenvalue weighted by atomic mass is 9.98. The molecule has 2 aromatic rings. The quantitative estimate of drug-likeness (QED) is 0.840. The van der Waals surface area contributed by atoms with Crippen LogP contribution in [-0.4, -0.2) is 34.6 Å². The summed E-state index contributed by atoms with van der Waals surface area (Å²) >= 11 is 5.44. The Morgan fingerprint density at radius 2 is 2.22 bits per heavy atom. The van der Waals surface area contributed by atoms with Crippen LogP contribution < -0.4 is 0 Å². The molecule has 96 valence electrons. The second-order valence-corrected chi connectivity index (χ2v) is 5.72. The van der Waals surface area contributed by atoms with Crippen molar-refractivity contribution in [3.63, 3.8) is 0 Å². The highest BCUT2D eigenvalue weighted by Crippen LogP contribution is 2.20. The molecule has 0 aliphatic carbocycles. The molecule has 1 saturated heterocycles. The summed E-state index contributed by atoms with van der Waals surface area (Å²) in [7, 11) is 2.21. The Balaban J connectivity index is 1.90. The highest BCUT2D eigenvalue weighted by Gasteiger charge is 2.18. The van der Waals surface area contributed by atoms with Crippen molar-refractivity contribution in [2.75, 3.05) is 20.1 Å². The Kier molecular flexibility index (Phi) is 3.22. The smallest absolute Gasteiger partial charge is 0.178 e. The third-order valence-electron chi connectivity index (χ3n) is 3.84. The van der Waals surface area contributed by atoms with E-state index in [1.165, 1.54) is 31.4 Å². The Bertz CT molecular complexity index is 598. The van der Waals surface area contributed by atoms with Crippen LogP contribution in [0.5, 0.6) is 0 Å². The normalized spacial score (nSPS) is 21.5. The maximum absolute atomic E-state index is 5.44. The van der Waals surface area contributed by atoms with Crippen LogP contribution in [-0.2, 0) is 6.54 Å². The van der Waals surface area contributed by atoms with Crippen LogP contribution in [0.2, 0.25) is 0 Å². The van der Waals surface area contributed by atoms with Gasteiger partial charge in [0.2, 0.25) is 0 Å². The van der Waals surface area contributed by atoms with Gasteiger partial charge in [-0.3, -0.25) is 0 Å². The number of H-pyrrole nitrogens is 1. The molecule has 0 bridgehead atoms. The highest BCUT2D eigenvalue weighted by molar-refractivity contribution is 7.71. The fraction of sp³-hybridized carbons (Fsp3) is 0.500. The zero-order valence-corrected chi connectivity index (χ0v) is 11.5. The van der Waals surface area contributed by atoms with E-state index in [1.807, 2.05) is 6.07 Å². The van der Waals surface area contributed by atoms with Crippen LogP contribution in [0, 0.1) is 10.7 Å². The second-order valence-electron chi connectivity index (χ2n) is 5.33. The Hall–Kier alpha value is -1.13. The van der Waals surface area contributed by atoms with Crippen LogP contribution in [0.25, 0.3) is 11.0 Å². The van der Waals surface area contributed by atoms with Crippen molar-refractivity contribution in [3.05, 3.63) is 29.0 Å². The molecule has 1 aliphatic heterocycles. The lowest BCUT2D eigenvalue weighted by Crippen LogP contribution is -2.34. The summed E-state index contributed by atoms with van der Waals surface area (Å²) in [5.41, 5.74) is 2.38. The average Bonchev–Trinajstić information content (AvgIpc) is 2.66. The molecule has 1 N–H and O–H groups in total. The summed E-state index contributed by atoms with van der Waals surface area (Å²) in [6.45, 7) is 3.45. The van der Waals surface area contributed by atoms with Gasteiger partial charge in [-0.15, -0.1) is 0 Å². The summed E-state index contributed by atoms with van der Waals surface area (Å²) in [5, 5.41) is 0. The first-order valence-corrected chi connectivity index (χ1v) is 7.01. The van der Waals surface area contributed by atoms with E-state index in [9.17, 15) is 0 Å². The number of likely N-dealkylation sites (tertiary alicyclic amines) is 1. The molecule has 3 nitrogen and oxygen atoms in total. The van der Waals surface area contributed by atoms with Gasteiger partial charge in [0.25, 0.3) is 0 Å². The maximum atomic E-state index is 5.44. The number of fused-ring (bicyclic) bond motifs is 1. The van der Waals surface area contributed by atoms with E-state index in [0.29, 0.717) is 0 Å². The SMILES string of the molecule is CN1CCCC(Cn2c(=S)[nH]c3ccccc32)C1. The van der Waals surface area contributed by atoms with Crippen LogP contribution in [0.15, 0.2) is 24.3 Å². The van der Waals surface area contributed by atoms with Gasteiger partial charge in [-0.05, 0) is 56.7 Å². The van der Waals surface area contributed by atoms with Crippen LogP contribution >= 0.6 is 12.2 Å². The first-order valence-electron chi connectivity index (χ1n) is 6.60. The molecule has 0 spiro atoms. The van der Waals surface area contributed by atoms with E-state index in [1.54, 1.807) is 0 Å². The molecule has 1 atom stereocenters. The van der Waals surface area contributed by atoms with Gasteiger partial charge in [-0.1, -0.05) is 12.1 Å². The third kappa shape index (κ3) is 2.22. The number of hydrogen-bond donors (Lipinski definition) is 1. The molecule has 1 fully saturated rings. The molecule has 0 amide bonds. The summed E-state index contributed by atoms with van der Waals surface area (Å²) in [6, 6.07) is 8.36. The molecular weight excluding hydrogens is 242 g/mol. The molecule has 0 radical (unpaired) electrons. The van der Waals surface area contributed by atoms with Crippen molar-refractivity contribution in [1.82, 2.24) is 14.5 Å². The van der Waals surface area contributed by atoms with Gasteiger partial charge in [0.15, 0.2) is 4.77 Å². The lowest BCUT2D eigenvalue weighted by molar-refractivity contribution is 0.195. The minimum absolute atomic E-state index is 0.717. The Morgan fingerprint density at radius 3 is 3.06 bits per heavy atom. The molecule has 1 aromatic heterocycles. The van der Waals surface area contributed by atoms with Gasteiger partial charge in [-0.25, -0.2) is 0 Å². The second kappa shape index (κ2) is 4.86. The molecule has 4 heteroatoms. The number of piperidine rings is 1. The van der Waals surface area contributed by atoms with Gasteiger partial charge in [0.05, 0.1) is 11.0 Å². The zero-order valence-electron chi connectivity index (χ0n) is 10.7. The fourth-order valence-corrected chi connectivity index (χ4v) is 3.25. The zero-order chi connectivity index (χ0) is 12.5. The minimum Gasteiger partial charge on any atom is -0.331 e. The Morgan fingerprint density at radius 1 is 1.39 bits per heavy atom. The molecular formula is C14H19N3S. The first kappa shape index (κ1) is 11.9. The van der Waals surface area contributed by atoms with E-state index >= 15 is 0 Å². The van der Waals surface area contributed by atoms with E-state index in [-0.39, 0.29) is 0 Å². The molecule has 2 heterocycles. The van der Waals surface area contributed by atoms with Crippen LogP contribution in [0.1, 0.15) is 12.8 Å². The van der Waals surface area contributed by atoms with Crippen molar-refractivity contribution in [1.29, 1.82) is 0 Å². The number of imidazole rings is 1. The minimum atomic E-state index is 0.717. The van der Waals surface area contributed by atoms with Crippen molar-refractivity contribution < 1.29 is 0 Å². The third-order valence-corrected chi connectivity index (χ3v) is 4.17. The number of rotatable bonds is 2. The summed E-state index contributed by atoms with van der Waals surface area (Å²) in [5.74, 6) is 0.717. The number of benzene rings is 1. The van der Waals surface area contributed by atoms with Gasteiger partial charge in [-0.2, -0.15) is 0 Å². The average molecular weight is 261 g/mol. The number of aromatic nitrogens is 2. The molecule has 1 aromatic carbocycles. The number of nitrogens with zero attached hydrogens (tertiary/aromatic N) is 2. The van der Waals surface area contributed by atoms with E-state index < -0.39 is 0 Å². The molecule has 1 aliphatic rings. The summed E-state index contributed by atoms with van der Waals surface area (Å²) < 4.78 is 3.11. The number of hydrogen-bond acceptors (Lipinski definition) is 2. The molecule has 1 unspecified atom stereocenters. The van der Waals surface area contributed by atoms with E-state index in [4.69, 9.17) is 12.2 Å². The highest BCUT2D eigenvalue weighted by atomic mass is 32.1. The van der Waals surface area contributed by atoms with Crippen molar-refractivity contribution in [3.8, 4) is 0 Å². The van der Waals surface area contributed by atoms with Crippen molar-refractivity contribution in [2.45, 2.75) is 19.4 Å². The van der Waals surface area contributed by atoms with E-state index in [2.05, 4.69) is 39.7 Å². The molecule has 3 rings (SSSR count). The van der Waals surface area contributed by atoms with Crippen molar-refractivity contribution in [2.24, 2.45) is 5.92 Å². The largest absolute Gasteiger partial charge is 0.331 e. The standard InChI is InChI=1S/C14H19N3S/c1-16-8-4-5-11(9-16)10-17-13-7-3-2-6-12(13)15-14(17)18/h2-3,6-7,11H,4-5,8-10H2,1H3,(H,15,18). The first-order chi connectivity index (χ1) is 8.74. The predicted octanol–water partition coefficient (Wildman–Crippen LogP) is 3.04. The monoisotopic (exact) mass is 261 g/mol. The fourth-order valence-electron chi connectivity index (χ4n) is 2.97. The van der Waals surface area contributed by atoms with Crippen LogP contribution in [0.3, 0.4) is 0 Å². The number of para-hydroxylation sites is 2. The van der Waals surface area contributed by atoms with Gasteiger partial charge in [0.1, 0.15) is 0 Å². The molecule has 18 heavy (non-hydrogen) atoms. The molecule has 0 saturated carbocycles. The number of aromatic amines is 1. The predicted molar refractivity (Wildman–Crippen MR) is 77.3 cm³/mol. The Labute approximate surface area is 112 Å². The van der Waals surface area contributed by atoms with Crippen LogP contribution in [0.4, 0.5) is 0 Å². The maximum Gasteiger partial charge on any atom is 0.178 e. The number of nitrogens with one attached hydrogen (secondary N) is 1.